The molecular weight excluding hydrogens is 426 g/mol. The average molecular weight is 454 g/mol. The number of benzene rings is 1. The molecule has 1 N–H and O–H groups in total. The third-order valence-corrected chi connectivity index (χ3v) is 5.99. The summed E-state index contributed by atoms with van der Waals surface area (Å²) in [5.41, 5.74) is 3.14. The third-order valence-electron chi connectivity index (χ3n) is 5.77. The lowest BCUT2D eigenvalue weighted by Crippen LogP contribution is -2.35. The van der Waals surface area contributed by atoms with Crippen LogP contribution in [-0.2, 0) is 26.1 Å². The quantitative estimate of drug-likeness (QED) is 0.563. The summed E-state index contributed by atoms with van der Waals surface area (Å²) in [6.45, 7) is 3.70. The third kappa shape index (κ3) is 6.42. The zero-order valence-corrected chi connectivity index (χ0v) is 18.7. The maximum atomic E-state index is 12.4. The normalized spacial score (nSPS) is 15.1. The van der Waals surface area contributed by atoms with E-state index in [1.807, 2.05) is 0 Å². The Kier molecular flexibility index (Phi) is 7.58. The number of piperidine rings is 1. The van der Waals surface area contributed by atoms with Gasteiger partial charge in [-0.05, 0) is 48.6 Å². The Balaban J connectivity index is 1.27. The largest absolute Gasteiger partial charge is 0.487 e. The van der Waals surface area contributed by atoms with Crippen LogP contribution in [0.1, 0.15) is 29.7 Å². The van der Waals surface area contributed by atoms with Gasteiger partial charge in [0, 0.05) is 44.6 Å². The fourth-order valence-corrected chi connectivity index (χ4v) is 3.92. The van der Waals surface area contributed by atoms with Crippen LogP contribution in [0.3, 0.4) is 0 Å². The molecule has 0 unspecified atom stereocenters. The molecule has 0 atom stereocenters. The van der Waals surface area contributed by atoms with Gasteiger partial charge in [0.2, 0.25) is 0 Å². The summed E-state index contributed by atoms with van der Waals surface area (Å²) in [7, 11) is 0. The predicted molar refractivity (Wildman–Crippen MR) is 125 cm³/mol. The SMILES string of the molecule is O=c1cc(OCc2ccc(Cl)cn2)ccn1CCc1ccc(CN2CCC(O)CC2)cc1. The summed E-state index contributed by atoms with van der Waals surface area (Å²) in [5.74, 6) is 0.526. The van der Waals surface area contributed by atoms with Gasteiger partial charge in [0.25, 0.3) is 5.56 Å². The van der Waals surface area contributed by atoms with E-state index in [9.17, 15) is 9.90 Å². The van der Waals surface area contributed by atoms with Crippen molar-refractivity contribution in [2.24, 2.45) is 0 Å². The first-order valence-electron chi connectivity index (χ1n) is 11.0. The molecule has 0 aliphatic carbocycles. The van der Waals surface area contributed by atoms with Gasteiger partial charge in [-0.2, -0.15) is 0 Å². The van der Waals surface area contributed by atoms with Crippen LogP contribution in [-0.4, -0.2) is 38.8 Å². The second kappa shape index (κ2) is 10.8. The average Bonchev–Trinajstić information content (AvgIpc) is 2.80. The van der Waals surface area contributed by atoms with Crippen LogP contribution in [0.15, 0.2) is 65.7 Å². The number of halogens is 1. The molecule has 168 valence electrons. The van der Waals surface area contributed by atoms with Crippen molar-refractivity contribution >= 4 is 11.6 Å². The van der Waals surface area contributed by atoms with Crippen molar-refractivity contribution in [2.45, 2.75) is 45.1 Å². The van der Waals surface area contributed by atoms with Gasteiger partial charge >= 0.3 is 0 Å². The second-order valence-corrected chi connectivity index (χ2v) is 8.66. The summed E-state index contributed by atoms with van der Waals surface area (Å²) in [6.07, 6.45) is 5.70. The minimum atomic E-state index is -0.141. The summed E-state index contributed by atoms with van der Waals surface area (Å²) < 4.78 is 7.37. The van der Waals surface area contributed by atoms with Crippen molar-refractivity contribution in [3.63, 3.8) is 0 Å². The van der Waals surface area contributed by atoms with Gasteiger partial charge in [0.05, 0.1) is 16.8 Å². The van der Waals surface area contributed by atoms with Gasteiger partial charge in [-0.1, -0.05) is 35.9 Å². The van der Waals surface area contributed by atoms with Crippen LogP contribution in [0.4, 0.5) is 0 Å². The molecule has 0 radical (unpaired) electrons. The van der Waals surface area contributed by atoms with Crippen LogP contribution in [0.5, 0.6) is 5.75 Å². The van der Waals surface area contributed by atoms with E-state index in [-0.39, 0.29) is 18.3 Å². The lowest BCUT2D eigenvalue weighted by atomic mass is 10.1. The molecule has 2 aromatic heterocycles. The van der Waals surface area contributed by atoms with E-state index in [1.54, 1.807) is 35.2 Å². The van der Waals surface area contributed by atoms with Crippen molar-refractivity contribution in [1.29, 1.82) is 0 Å². The number of hydrogen-bond donors (Lipinski definition) is 1. The Labute approximate surface area is 193 Å². The Morgan fingerprint density at radius 3 is 2.50 bits per heavy atom. The zero-order valence-electron chi connectivity index (χ0n) is 18.0. The molecule has 1 aliphatic rings. The Bertz CT molecular complexity index is 1060. The van der Waals surface area contributed by atoms with E-state index < -0.39 is 0 Å². The highest BCUT2D eigenvalue weighted by Crippen LogP contribution is 2.15. The van der Waals surface area contributed by atoms with Crippen molar-refractivity contribution in [1.82, 2.24) is 14.5 Å². The maximum Gasteiger partial charge on any atom is 0.254 e. The molecule has 32 heavy (non-hydrogen) atoms. The summed E-state index contributed by atoms with van der Waals surface area (Å²) in [4.78, 5) is 19.0. The van der Waals surface area contributed by atoms with Crippen LogP contribution in [0.2, 0.25) is 5.02 Å². The summed E-state index contributed by atoms with van der Waals surface area (Å²) in [5, 5.41) is 10.2. The minimum absolute atomic E-state index is 0.0875. The fourth-order valence-electron chi connectivity index (χ4n) is 3.81. The molecule has 0 saturated carbocycles. The lowest BCUT2D eigenvalue weighted by Gasteiger charge is -2.29. The molecule has 1 saturated heterocycles. The highest BCUT2D eigenvalue weighted by atomic mass is 35.5. The van der Waals surface area contributed by atoms with E-state index in [4.69, 9.17) is 16.3 Å². The number of ether oxygens (including phenoxy) is 1. The Morgan fingerprint density at radius 2 is 1.81 bits per heavy atom. The monoisotopic (exact) mass is 453 g/mol. The van der Waals surface area contributed by atoms with Crippen LogP contribution >= 0.6 is 11.6 Å². The molecule has 3 aromatic rings. The smallest absolute Gasteiger partial charge is 0.254 e. The highest BCUT2D eigenvalue weighted by Gasteiger charge is 2.16. The fraction of sp³-hybridized carbons (Fsp3) is 0.360. The standard InChI is InChI=1S/C25H28ClN3O3/c26-21-5-6-22(27-16-21)18-32-24-10-14-29(25(31)15-24)13-7-19-1-3-20(4-2-19)17-28-11-8-23(30)9-12-28/h1-6,10,14-16,23,30H,7-9,11-13,17-18H2. The van der Waals surface area contributed by atoms with E-state index in [0.717, 1.165) is 44.6 Å². The van der Waals surface area contributed by atoms with E-state index in [2.05, 4.69) is 34.1 Å². The van der Waals surface area contributed by atoms with E-state index in [1.165, 1.54) is 17.2 Å². The van der Waals surface area contributed by atoms with Gasteiger partial charge in [-0.25, -0.2) is 0 Å². The Morgan fingerprint density at radius 1 is 1.06 bits per heavy atom. The molecular formula is C25H28ClN3O3. The van der Waals surface area contributed by atoms with Gasteiger partial charge in [-0.15, -0.1) is 0 Å². The number of aliphatic hydroxyl groups excluding tert-OH is 1. The number of nitrogens with zero attached hydrogens (tertiary/aromatic N) is 3. The molecule has 1 aromatic carbocycles. The predicted octanol–water partition coefficient (Wildman–Crippen LogP) is 3.68. The van der Waals surface area contributed by atoms with Crippen molar-refractivity contribution < 1.29 is 9.84 Å². The molecule has 0 spiro atoms. The first-order chi connectivity index (χ1) is 15.5. The number of hydrogen-bond acceptors (Lipinski definition) is 5. The first kappa shape index (κ1) is 22.5. The number of aromatic nitrogens is 2. The number of rotatable bonds is 8. The van der Waals surface area contributed by atoms with Crippen LogP contribution < -0.4 is 10.3 Å². The van der Waals surface area contributed by atoms with Crippen LogP contribution in [0, 0.1) is 0 Å². The number of aryl methyl sites for hydroxylation is 2. The van der Waals surface area contributed by atoms with Gasteiger partial charge < -0.3 is 14.4 Å². The van der Waals surface area contributed by atoms with Crippen molar-refractivity contribution in [2.75, 3.05) is 13.1 Å². The Hall–Kier alpha value is -2.67. The minimum Gasteiger partial charge on any atom is -0.487 e. The van der Waals surface area contributed by atoms with E-state index >= 15 is 0 Å². The van der Waals surface area contributed by atoms with E-state index in [0.29, 0.717) is 17.3 Å². The number of aliphatic hydroxyl groups is 1. The zero-order chi connectivity index (χ0) is 22.3. The molecule has 7 heteroatoms. The van der Waals surface area contributed by atoms with Gasteiger partial charge in [0.15, 0.2) is 0 Å². The highest BCUT2D eigenvalue weighted by molar-refractivity contribution is 6.30. The number of pyridine rings is 2. The number of likely N-dealkylation sites (tertiary alicyclic amines) is 1. The van der Waals surface area contributed by atoms with Crippen molar-refractivity contribution in [3.05, 3.63) is 93.1 Å². The van der Waals surface area contributed by atoms with Crippen molar-refractivity contribution in [3.8, 4) is 5.75 Å². The molecule has 0 bridgehead atoms. The summed E-state index contributed by atoms with van der Waals surface area (Å²) in [6, 6.07) is 15.5. The first-order valence-corrected chi connectivity index (χ1v) is 11.3. The lowest BCUT2D eigenvalue weighted by molar-refractivity contribution is 0.0792. The van der Waals surface area contributed by atoms with Gasteiger partial charge in [-0.3, -0.25) is 14.7 Å². The topological polar surface area (TPSA) is 67.6 Å². The molecule has 4 rings (SSSR count). The molecule has 1 fully saturated rings. The molecule has 1 aliphatic heterocycles. The second-order valence-electron chi connectivity index (χ2n) is 8.22. The molecule has 3 heterocycles. The maximum absolute atomic E-state index is 12.4. The molecule has 6 nitrogen and oxygen atoms in total. The molecule has 0 amide bonds. The van der Waals surface area contributed by atoms with Gasteiger partial charge in [0.1, 0.15) is 12.4 Å². The van der Waals surface area contributed by atoms with Crippen LogP contribution in [0.25, 0.3) is 0 Å². The summed E-state index contributed by atoms with van der Waals surface area (Å²) >= 11 is 5.84.